The monoisotopic (exact) mass is 240 g/mol. The van der Waals surface area contributed by atoms with Crippen molar-refractivity contribution in [3.05, 3.63) is 23.0 Å². The van der Waals surface area contributed by atoms with Gasteiger partial charge >= 0.3 is 0 Å². The molecule has 1 fully saturated rings. The molecule has 1 aliphatic rings. The number of hydrogen-bond donors (Lipinski definition) is 2. The van der Waals surface area contributed by atoms with E-state index in [0.29, 0.717) is 11.2 Å². The molecule has 0 saturated heterocycles. The minimum absolute atomic E-state index is 0.463. The van der Waals surface area contributed by atoms with Crippen LogP contribution in [0.2, 0.25) is 5.15 Å². The van der Waals surface area contributed by atoms with Gasteiger partial charge in [0.05, 0.1) is 6.10 Å². The third kappa shape index (κ3) is 2.66. The van der Waals surface area contributed by atoms with Gasteiger partial charge in [-0.15, -0.1) is 0 Å². The number of aliphatic hydroxyl groups is 1. The summed E-state index contributed by atoms with van der Waals surface area (Å²) in [7, 11) is 0. The highest BCUT2D eigenvalue weighted by atomic mass is 35.5. The molecule has 1 heterocycles. The number of nitrogens with one attached hydrogen (secondary N) is 1. The largest absolute Gasteiger partial charge is 0.389 e. The van der Waals surface area contributed by atoms with Crippen molar-refractivity contribution in [3.63, 3.8) is 0 Å². The first-order valence-corrected chi connectivity index (χ1v) is 6.14. The highest BCUT2D eigenvalue weighted by molar-refractivity contribution is 6.29. The topological polar surface area (TPSA) is 45.2 Å². The van der Waals surface area contributed by atoms with Crippen molar-refractivity contribution in [2.75, 3.05) is 5.32 Å². The summed E-state index contributed by atoms with van der Waals surface area (Å²) in [5.74, 6) is 0. The van der Waals surface area contributed by atoms with Crippen molar-refractivity contribution >= 4 is 17.3 Å². The van der Waals surface area contributed by atoms with Gasteiger partial charge < -0.3 is 10.4 Å². The third-order valence-electron chi connectivity index (χ3n) is 3.07. The second kappa shape index (κ2) is 5.02. The molecule has 88 valence electrons. The van der Waals surface area contributed by atoms with Gasteiger partial charge in [-0.25, -0.2) is 4.98 Å². The average Bonchev–Trinajstić information content (AvgIpc) is 2.70. The molecule has 0 bridgehead atoms. The standard InChI is InChI=1S/C12H17ClN2O/c1-8(16)10-7-14-12(13)6-11(10)15-9-4-2-3-5-9/h6-9,16H,2-5H2,1H3,(H,14,15). The van der Waals surface area contributed by atoms with Crippen molar-refractivity contribution in [1.82, 2.24) is 4.98 Å². The van der Waals surface area contributed by atoms with Crippen LogP contribution in [0.5, 0.6) is 0 Å². The fraction of sp³-hybridized carbons (Fsp3) is 0.583. The first-order valence-electron chi connectivity index (χ1n) is 5.77. The zero-order valence-corrected chi connectivity index (χ0v) is 10.2. The molecule has 1 atom stereocenters. The minimum Gasteiger partial charge on any atom is -0.389 e. The summed E-state index contributed by atoms with van der Waals surface area (Å²) in [6, 6.07) is 2.30. The summed E-state index contributed by atoms with van der Waals surface area (Å²) in [4.78, 5) is 4.00. The number of halogens is 1. The summed E-state index contributed by atoms with van der Waals surface area (Å²) < 4.78 is 0. The Kier molecular flexibility index (Phi) is 3.66. The maximum Gasteiger partial charge on any atom is 0.131 e. The third-order valence-corrected chi connectivity index (χ3v) is 3.27. The van der Waals surface area contributed by atoms with Gasteiger partial charge in [0.15, 0.2) is 0 Å². The molecule has 16 heavy (non-hydrogen) atoms. The first-order chi connectivity index (χ1) is 7.66. The summed E-state index contributed by atoms with van der Waals surface area (Å²) in [6.45, 7) is 1.74. The van der Waals surface area contributed by atoms with Crippen LogP contribution in [-0.4, -0.2) is 16.1 Å². The molecule has 1 aliphatic carbocycles. The van der Waals surface area contributed by atoms with Gasteiger partial charge in [-0.3, -0.25) is 0 Å². The molecule has 1 aromatic rings. The molecule has 0 amide bonds. The van der Waals surface area contributed by atoms with E-state index in [2.05, 4.69) is 10.3 Å². The van der Waals surface area contributed by atoms with E-state index in [0.717, 1.165) is 11.3 Å². The van der Waals surface area contributed by atoms with Gasteiger partial charge in [0.1, 0.15) is 5.15 Å². The number of aliphatic hydroxyl groups excluding tert-OH is 1. The first kappa shape index (κ1) is 11.7. The molecule has 2 rings (SSSR count). The highest BCUT2D eigenvalue weighted by Crippen LogP contribution is 2.28. The quantitative estimate of drug-likeness (QED) is 0.798. The van der Waals surface area contributed by atoms with E-state index < -0.39 is 6.10 Å². The molecule has 1 aromatic heterocycles. The van der Waals surface area contributed by atoms with E-state index in [4.69, 9.17) is 11.6 Å². The summed E-state index contributed by atoms with van der Waals surface area (Å²) in [5.41, 5.74) is 1.73. The number of rotatable bonds is 3. The van der Waals surface area contributed by atoms with E-state index in [-0.39, 0.29) is 0 Å². The van der Waals surface area contributed by atoms with Gasteiger partial charge in [-0.2, -0.15) is 0 Å². The predicted molar refractivity (Wildman–Crippen MR) is 65.8 cm³/mol. The van der Waals surface area contributed by atoms with Gasteiger partial charge in [0, 0.05) is 23.5 Å². The lowest BCUT2D eigenvalue weighted by Crippen LogP contribution is -2.16. The molecule has 4 heteroatoms. The van der Waals surface area contributed by atoms with Crippen LogP contribution >= 0.6 is 11.6 Å². The number of aromatic nitrogens is 1. The predicted octanol–water partition coefficient (Wildman–Crippen LogP) is 3.14. The Hall–Kier alpha value is -0.800. The Morgan fingerprint density at radius 1 is 1.50 bits per heavy atom. The number of anilines is 1. The SMILES string of the molecule is CC(O)c1cnc(Cl)cc1NC1CCCC1. The van der Waals surface area contributed by atoms with Gasteiger partial charge in [0.25, 0.3) is 0 Å². The Labute approximate surface area is 101 Å². The van der Waals surface area contributed by atoms with Crippen molar-refractivity contribution < 1.29 is 5.11 Å². The zero-order chi connectivity index (χ0) is 11.5. The molecule has 0 spiro atoms. The normalized spacial score (nSPS) is 18.7. The molecule has 1 unspecified atom stereocenters. The van der Waals surface area contributed by atoms with Gasteiger partial charge in [0.2, 0.25) is 0 Å². The summed E-state index contributed by atoms with van der Waals surface area (Å²) in [6.07, 6.45) is 6.07. The van der Waals surface area contributed by atoms with E-state index in [9.17, 15) is 5.11 Å². The molecule has 0 aliphatic heterocycles. The van der Waals surface area contributed by atoms with Crippen LogP contribution in [0.4, 0.5) is 5.69 Å². The molecule has 0 aromatic carbocycles. The van der Waals surface area contributed by atoms with Gasteiger partial charge in [-0.05, 0) is 25.8 Å². The second-order valence-electron chi connectivity index (χ2n) is 4.40. The van der Waals surface area contributed by atoms with Crippen LogP contribution in [-0.2, 0) is 0 Å². The minimum atomic E-state index is -0.520. The maximum atomic E-state index is 9.65. The Balaban J connectivity index is 2.19. The van der Waals surface area contributed by atoms with Crippen LogP contribution < -0.4 is 5.32 Å². The average molecular weight is 241 g/mol. The summed E-state index contributed by atoms with van der Waals surface area (Å²) in [5, 5.41) is 13.6. The van der Waals surface area contributed by atoms with E-state index in [1.165, 1.54) is 25.7 Å². The lowest BCUT2D eigenvalue weighted by Gasteiger charge is -2.18. The van der Waals surface area contributed by atoms with Gasteiger partial charge in [-0.1, -0.05) is 24.4 Å². The molecular formula is C12H17ClN2O. The molecule has 3 nitrogen and oxygen atoms in total. The molecular weight excluding hydrogens is 224 g/mol. The van der Waals surface area contributed by atoms with E-state index in [1.807, 2.05) is 0 Å². The Morgan fingerprint density at radius 3 is 2.81 bits per heavy atom. The molecule has 2 N–H and O–H groups in total. The van der Waals surface area contributed by atoms with Crippen molar-refractivity contribution in [1.29, 1.82) is 0 Å². The van der Waals surface area contributed by atoms with Crippen LogP contribution in [0.25, 0.3) is 0 Å². The van der Waals surface area contributed by atoms with Crippen LogP contribution in [0.15, 0.2) is 12.3 Å². The lowest BCUT2D eigenvalue weighted by molar-refractivity contribution is 0.199. The number of pyridine rings is 1. The fourth-order valence-corrected chi connectivity index (χ4v) is 2.35. The van der Waals surface area contributed by atoms with Crippen molar-refractivity contribution in [2.45, 2.75) is 44.8 Å². The van der Waals surface area contributed by atoms with E-state index >= 15 is 0 Å². The molecule has 1 saturated carbocycles. The Bertz CT molecular complexity index is 362. The number of nitrogens with zero attached hydrogens (tertiary/aromatic N) is 1. The fourth-order valence-electron chi connectivity index (χ4n) is 2.19. The molecule has 0 radical (unpaired) electrons. The van der Waals surface area contributed by atoms with E-state index in [1.54, 1.807) is 19.2 Å². The maximum absolute atomic E-state index is 9.65. The van der Waals surface area contributed by atoms with Crippen LogP contribution in [0, 0.1) is 0 Å². The van der Waals surface area contributed by atoms with Crippen LogP contribution in [0.3, 0.4) is 0 Å². The zero-order valence-electron chi connectivity index (χ0n) is 9.41. The lowest BCUT2D eigenvalue weighted by atomic mass is 10.1. The van der Waals surface area contributed by atoms with Crippen molar-refractivity contribution in [3.8, 4) is 0 Å². The summed E-state index contributed by atoms with van der Waals surface area (Å²) >= 11 is 5.87. The number of hydrogen-bond acceptors (Lipinski definition) is 3. The van der Waals surface area contributed by atoms with Crippen molar-refractivity contribution in [2.24, 2.45) is 0 Å². The second-order valence-corrected chi connectivity index (χ2v) is 4.78. The highest BCUT2D eigenvalue weighted by Gasteiger charge is 2.17. The Morgan fingerprint density at radius 2 is 2.19 bits per heavy atom. The smallest absolute Gasteiger partial charge is 0.131 e. The van der Waals surface area contributed by atoms with Crippen LogP contribution in [0.1, 0.15) is 44.3 Å².